The maximum Gasteiger partial charge on any atom is 0.333 e. The Balaban J connectivity index is 2.31. The van der Waals surface area contributed by atoms with Crippen molar-refractivity contribution in [1.82, 2.24) is 10.2 Å². The molecule has 1 aliphatic rings. The molecule has 1 N–H and O–H groups in total. The highest BCUT2D eigenvalue weighted by Crippen LogP contribution is 2.11. The fourth-order valence-corrected chi connectivity index (χ4v) is 1.89. The maximum absolute atomic E-state index is 11.9. The Morgan fingerprint density at radius 2 is 2.00 bits per heavy atom. The fraction of sp³-hybridized carbons (Fsp3) is 0.643. The first-order chi connectivity index (χ1) is 9.52. The van der Waals surface area contributed by atoms with Crippen LogP contribution in [0.2, 0.25) is 0 Å². The largest absolute Gasteiger partial charge is 0.460 e. The number of amides is 3. The number of imide groups is 1. The van der Waals surface area contributed by atoms with Crippen molar-refractivity contribution in [1.29, 1.82) is 0 Å². The zero-order valence-electron chi connectivity index (χ0n) is 11.9. The van der Waals surface area contributed by atoms with E-state index in [4.69, 9.17) is 4.74 Å². The summed E-state index contributed by atoms with van der Waals surface area (Å²) in [6.07, 6.45) is 4.16. The summed E-state index contributed by atoms with van der Waals surface area (Å²) in [5.74, 6) is -0.622. The van der Waals surface area contributed by atoms with Crippen LogP contribution in [0.15, 0.2) is 12.2 Å². The summed E-state index contributed by atoms with van der Waals surface area (Å²) in [4.78, 5) is 36.1. The predicted octanol–water partition coefficient (Wildman–Crippen LogP) is 1.61. The van der Waals surface area contributed by atoms with Crippen LogP contribution in [0.25, 0.3) is 0 Å². The SMILES string of the molecule is C=C(C)C(=O)OCCNC(=O)N1CCCCCCC1=O. The molecule has 0 spiro atoms. The van der Waals surface area contributed by atoms with E-state index in [2.05, 4.69) is 11.9 Å². The topological polar surface area (TPSA) is 75.7 Å². The molecule has 1 aliphatic heterocycles. The van der Waals surface area contributed by atoms with Gasteiger partial charge in [0.25, 0.3) is 0 Å². The number of likely N-dealkylation sites (tertiary alicyclic amines) is 1. The molecule has 6 nitrogen and oxygen atoms in total. The van der Waals surface area contributed by atoms with Crippen LogP contribution >= 0.6 is 0 Å². The number of rotatable bonds is 4. The van der Waals surface area contributed by atoms with E-state index in [0.717, 1.165) is 25.7 Å². The number of carbonyl (C=O) groups excluding carboxylic acids is 3. The van der Waals surface area contributed by atoms with Crippen LogP contribution in [0.1, 0.15) is 39.0 Å². The van der Waals surface area contributed by atoms with Crippen molar-refractivity contribution < 1.29 is 19.1 Å². The molecule has 1 heterocycles. The van der Waals surface area contributed by atoms with E-state index in [1.165, 1.54) is 4.90 Å². The second-order valence-electron chi connectivity index (χ2n) is 4.86. The van der Waals surface area contributed by atoms with Gasteiger partial charge in [-0.1, -0.05) is 19.4 Å². The molecule has 112 valence electrons. The molecular formula is C14H22N2O4. The first-order valence-corrected chi connectivity index (χ1v) is 6.93. The molecule has 6 heteroatoms. The van der Waals surface area contributed by atoms with Gasteiger partial charge in [-0.15, -0.1) is 0 Å². The van der Waals surface area contributed by atoms with Crippen molar-refractivity contribution in [2.75, 3.05) is 19.7 Å². The molecule has 1 fully saturated rings. The van der Waals surface area contributed by atoms with Crippen LogP contribution in [-0.2, 0) is 14.3 Å². The highest BCUT2D eigenvalue weighted by molar-refractivity contribution is 5.94. The third-order valence-electron chi connectivity index (χ3n) is 3.03. The second kappa shape index (κ2) is 8.35. The Hall–Kier alpha value is -1.85. The molecule has 0 aliphatic carbocycles. The zero-order chi connectivity index (χ0) is 15.0. The van der Waals surface area contributed by atoms with Crippen LogP contribution in [0.4, 0.5) is 4.79 Å². The smallest absolute Gasteiger partial charge is 0.333 e. The Morgan fingerprint density at radius 3 is 2.70 bits per heavy atom. The van der Waals surface area contributed by atoms with Gasteiger partial charge in [0.1, 0.15) is 6.61 Å². The van der Waals surface area contributed by atoms with Crippen LogP contribution in [0.3, 0.4) is 0 Å². The Kier molecular flexibility index (Phi) is 6.76. The van der Waals surface area contributed by atoms with Gasteiger partial charge in [0.15, 0.2) is 0 Å². The minimum Gasteiger partial charge on any atom is -0.460 e. The van der Waals surface area contributed by atoms with Crippen LogP contribution in [0.5, 0.6) is 0 Å². The van der Waals surface area contributed by atoms with Crippen molar-refractivity contribution in [3.63, 3.8) is 0 Å². The Morgan fingerprint density at radius 1 is 1.30 bits per heavy atom. The van der Waals surface area contributed by atoms with Gasteiger partial charge in [0.05, 0.1) is 6.54 Å². The third-order valence-corrected chi connectivity index (χ3v) is 3.03. The van der Waals surface area contributed by atoms with E-state index in [1.54, 1.807) is 6.92 Å². The van der Waals surface area contributed by atoms with Crippen molar-refractivity contribution >= 4 is 17.9 Å². The number of carbonyl (C=O) groups is 3. The van der Waals surface area contributed by atoms with Crippen LogP contribution in [-0.4, -0.2) is 42.5 Å². The standard InChI is InChI=1S/C14H22N2O4/c1-11(2)13(18)20-10-8-15-14(19)16-9-6-4-3-5-7-12(16)17/h1,3-10H2,2H3,(H,15,19). The number of nitrogens with zero attached hydrogens (tertiary/aromatic N) is 1. The van der Waals surface area contributed by atoms with Gasteiger partial charge < -0.3 is 10.1 Å². The molecule has 3 amide bonds. The average Bonchev–Trinajstić information content (AvgIpc) is 2.38. The summed E-state index contributed by atoms with van der Waals surface area (Å²) in [6, 6.07) is -0.414. The number of hydrogen-bond donors (Lipinski definition) is 1. The normalized spacial score (nSPS) is 16.1. The highest BCUT2D eigenvalue weighted by Gasteiger charge is 2.21. The first kappa shape index (κ1) is 16.2. The minimum absolute atomic E-state index is 0.0689. The molecule has 0 atom stereocenters. The van der Waals surface area contributed by atoms with E-state index in [0.29, 0.717) is 18.5 Å². The highest BCUT2D eigenvalue weighted by atomic mass is 16.5. The van der Waals surface area contributed by atoms with Crippen molar-refractivity contribution in [3.8, 4) is 0 Å². The molecule has 20 heavy (non-hydrogen) atoms. The van der Waals surface area contributed by atoms with Gasteiger partial charge >= 0.3 is 12.0 Å². The molecule has 0 radical (unpaired) electrons. The third kappa shape index (κ3) is 5.42. The second-order valence-corrected chi connectivity index (χ2v) is 4.86. The summed E-state index contributed by atoms with van der Waals surface area (Å²) in [7, 11) is 0. The van der Waals surface area contributed by atoms with Crippen molar-refractivity contribution in [3.05, 3.63) is 12.2 Å². The van der Waals surface area contributed by atoms with Gasteiger partial charge in [0.2, 0.25) is 5.91 Å². The van der Waals surface area contributed by atoms with Crippen molar-refractivity contribution in [2.24, 2.45) is 0 Å². The number of ether oxygens (including phenoxy) is 1. The van der Waals surface area contributed by atoms with E-state index in [1.807, 2.05) is 0 Å². The number of hydrogen-bond acceptors (Lipinski definition) is 4. The number of esters is 1. The van der Waals surface area contributed by atoms with Crippen molar-refractivity contribution in [2.45, 2.75) is 39.0 Å². The molecule has 1 saturated heterocycles. The van der Waals surface area contributed by atoms with Gasteiger partial charge in [-0.3, -0.25) is 9.69 Å². The number of nitrogens with one attached hydrogen (secondary N) is 1. The molecule has 1 rings (SSSR count). The van der Waals surface area contributed by atoms with Gasteiger partial charge in [-0.05, 0) is 19.8 Å². The lowest BCUT2D eigenvalue weighted by molar-refractivity contribution is -0.138. The van der Waals surface area contributed by atoms with E-state index >= 15 is 0 Å². The molecular weight excluding hydrogens is 260 g/mol. The molecule has 0 aromatic heterocycles. The summed E-state index contributed by atoms with van der Waals surface area (Å²) in [5.41, 5.74) is 0.315. The molecule has 0 saturated carbocycles. The lowest BCUT2D eigenvalue weighted by atomic mass is 10.1. The molecule has 0 aromatic carbocycles. The van der Waals surface area contributed by atoms with Gasteiger partial charge in [-0.2, -0.15) is 0 Å². The lowest BCUT2D eigenvalue weighted by Gasteiger charge is -2.23. The summed E-state index contributed by atoms with van der Waals surface area (Å²) >= 11 is 0. The predicted molar refractivity (Wildman–Crippen MR) is 74.0 cm³/mol. The van der Waals surface area contributed by atoms with Crippen LogP contribution in [0, 0.1) is 0 Å². The maximum atomic E-state index is 11.9. The Labute approximate surface area is 119 Å². The van der Waals surface area contributed by atoms with E-state index in [-0.39, 0.29) is 19.1 Å². The molecule has 0 aromatic rings. The zero-order valence-corrected chi connectivity index (χ0v) is 11.9. The minimum atomic E-state index is -0.485. The van der Waals surface area contributed by atoms with E-state index in [9.17, 15) is 14.4 Å². The van der Waals surface area contributed by atoms with Crippen LogP contribution < -0.4 is 5.32 Å². The number of urea groups is 1. The summed E-state index contributed by atoms with van der Waals surface area (Å²) in [5, 5.41) is 2.58. The van der Waals surface area contributed by atoms with Gasteiger partial charge in [-0.25, -0.2) is 9.59 Å². The summed E-state index contributed by atoms with van der Waals surface area (Å²) in [6.45, 7) is 5.72. The fourth-order valence-electron chi connectivity index (χ4n) is 1.89. The first-order valence-electron chi connectivity index (χ1n) is 6.93. The Bertz CT molecular complexity index is 393. The molecule has 0 bridgehead atoms. The molecule has 0 unspecified atom stereocenters. The lowest BCUT2D eigenvalue weighted by Crippen LogP contribution is -2.45. The quantitative estimate of drug-likeness (QED) is 0.483. The monoisotopic (exact) mass is 282 g/mol. The van der Waals surface area contributed by atoms with E-state index < -0.39 is 12.0 Å². The van der Waals surface area contributed by atoms with Gasteiger partial charge in [0, 0.05) is 18.5 Å². The average molecular weight is 282 g/mol. The summed E-state index contributed by atoms with van der Waals surface area (Å²) < 4.78 is 4.86.